The van der Waals surface area contributed by atoms with E-state index in [0.29, 0.717) is 10.7 Å². The first-order chi connectivity index (χ1) is 13.4. The van der Waals surface area contributed by atoms with Crippen molar-refractivity contribution in [3.8, 4) is 5.69 Å². The van der Waals surface area contributed by atoms with Crippen LogP contribution in [0, 0.1) is 13.8 Å². The predicted octanol–water partition coefficient (Wildman–Crippen LogP) is 4.90. The van der Waals surface area contributed by atoms with E-state index in [-0.39, 0.29) is 12.1 Å². The number of anilines is 1. The van der Waals surface area contributed by atoms with Gasteiger partial charge in [-0.1, -0.05) is 29.3 Å². The van der Waals surface area contributed by atoms with E-state index in [9.17, 15) is 9.59 Å². The Balaban J connectivity index is 1.62. The van der Waals surface area contributed by atoms with E-state index < -0.39 is 11.9 Å². The zero-order valence-corrected chi connectivity index (χ0v) is 16.3. The van der Waals surface area contributed by atoms with Gasteiger partial charge in [0.25, 0.3) is 5.91 Å². The fraction of sp³-hybridized carbons (Fsp3) is 0.136. The number of nitrogens with zero attached hydrogens (tertiary/aromatic N) is 3. The fourth-order valence-electron chi connectivity index (χ4n) is 3.40. The second-order valence-corrected chi connectivity index (χ2v) is 7.23. The van der Waals surface area contributed by atoms with Crippen molar-refractivity contribution in [2.45, 2.75) is 20.3 Å². The molecular formula is C22H18ClN3O2. The highest BCUT2D eigenvalue weighted by atomic mass is 35.5. The number of carbonyl (C=O) groups is 2. The number of amides is 3. The van der Waals surface area contributed by atoms with Crippen LogP contribution in [0.15, 0.2) is 65.8 Å². The van der Waals surface area contributed by atoms with E-state index in [1.165, 1.54) is 5.56 Å². The zero-order chi connectivity index (χ0) is 19.8. The molecule has 1 aromatic heterocycles. The largest absolute Gasteiger partial charge is 0.355 e. The van der Waals surface area contributed by atoms with Crippen LogP contribution in [0.25, 0.3) is 5.69 Å². The molecule has 4 rings (SSSR count). The van der Waals surface area contributed by atoms with Gasteiger partial charge in [0.2, 0.25) is 0 Å². The molecule has 1 aliphatic rings. The van der Waals surface area contributed by atoms with Gasteiger partial charge in [-0.25, -0.2) is 9.69 Å². The lowest BCUT2D eigenvalue weighted by atomic mass is 10.1. The maximum absolute atomic E-state index is 12.8. The molecule has 3 amide bonds. The molecule has 0 unspecified atom stereocenters. The third-order valence-corrected chi connectivity index (χ3v) is 5.00. The van der Waals surface area contributed by atoms with E-state index >= 15 is 0 Å². The van der Waals surface area contributed by atoms with Gasteiger partial charge >= 0.3 is 6.03 Å². The van der Waals surface area contributed by atoms with E-state index in [2.05, 4.69) is 37.0 Å². The summed E-state index contributed by atoms with van der Waals surface area (Å²) in [5.41, 5.74) is 4.94. The van der Waals surface area contributed by atoms with E-state index in [4.69, 9.17) is 11.6 Å². The molecule has 0 radical (unpaired) electrons. The van der Waals surface area contributed by atoms with E-state index in [1.807, 2.05) is 22.9 Å². The van der Waals surface area contributed by atoms with Crippen LogP contribution in [0.4, 0.5) is 10.5 Å². The quantitative estimate of drug-likeness (QED) is 0.635. The SMILES string of the molecule is Cc1ccc(-n2cccc2CC2=NC(=O)N(c3ccc(Cl)cc3)C2=O)c(C)c1. The van der Waals surface area contributed by atoms with Crippen molar-refractivity contribution in [3.63, 3.8) is 0 Å². The van der Waals surface area contributed by atoms with Crippen LogP contribution in [0.5, 0.6) is 0 Å². The summed E-state index contributed by atoms with van der Waals surface area (Å²) >= 11 is 5.89. The molecule has 0 N–H and O–H groups in total. The second-order valence-electron chi connectivity index (χ2n) is 6.79. The lowest BCUT2D eigenvalue weighted by molar-refractivity contribution is -0.111. The topological polar surface area (TPSA) is 54.7 Å². The minimum atomic E-state index is -0.577. The monoisotopic (exact) mass is 391 g/mol. The first-order valence-corrected chi connectivity index (χ1v) is 9.27. The molecule has 2 heterocycles. The number of carbonyl (C=O) groups excluding carboxylic acids is 2. The Labute approximate surface area is 167 Å². The molecule has 1 aliphatic heterocycles. The van der Waals surface area contributed by atoms with E-state index in [1.54, 1.807) is 24.3 Å². The lowest BCUT2D eigenvalue weighted by Crippen LogP contribution is -2.33. The van der Waals surface area contributed by atoms with Crippen molar-refractivity contribution in [1.29, 1.82) is 0 Å². The predicted molar refractivity (Wildman–Crippen MR) is 111 cm³/mol. The summed E-state index contributed by atoms with van der Waals surface area (Å²) in [6.45, 7) is 4.10. The van der Waals surface area contributed by atoms with Crippen molar-refractivity contribution in [2.75, 3.05) is 4.90 Å². The summed E-state index contributed by atoms with van der Waals surface area (Å²) in [6, 6.07) is 16.0. The molecule has 0 saturated carbocycles. The summed E-state index contributed by atoms with van der Waals surface area (Å²) in [7, 11) is 0. The van der Waals surface area contributed by atoms with Crippen molar-refractivity contribution < 1.29 is 9.59 Å². The molecule has 0 aliphatic carbocycles. The number of aryl methyl sites for hydroxylation is 2. The van der Waals surface area contributed by atoms with Gasteiger partial charge in [0, 0.05) is 29.0 Å². The third-order valence-electron chi connectivity index (χ3n) is 4.75. The third kappa shape index (κ3) is 3.25. The minimum absolute atomic E-state index is 0.227. The van der Waals surface area contributed by atoms with E-state index in [0.717, 1.165) is 21.8 Å². The highest BCUT2D eigenvalue weighted by Gasteiger charge is 2.34. The Morgan fingerprint density at radius 2 is 1.75 bits per heavy atom. The van der Waals surface area contributed by atoms with Crippen molar-refractivity contribution in [3.05, 3.63) is 82.6 Å². The molecule has 0 bridgehead atoms. The molecule has 0 spiro atoms. The van der Waals surface area contributed by atoms with Crippen LogP contribution in [0.3, 0.4) is 0 Å². The summed E-state index contributed by atoms with van der Waals surface area (Å²) in [5, 5.41) is 0.537. The normalized spacial score (nSPS) is 14.0. The maximum Gasteiger partial charge on any atom is 0.355 e. The van der Waals surface area contributed by atoms with Crippen LogP contribution in [0.2, 0.25) is 5.02 Å². The van der Waals surface area contributed by atoms with Gasteiger partial charge in [-0.2, -0.15) is 4.99 Å². The smallest absolute Gasteiger partial charge is 0.320 e. The summed E-state index contributed by atoms with van der Waals surface area (Å²) in [5.74, 6) is -0.402. The highest BCUT2D eigenvalue weighted by molar-refractivity contribution is 6.54. The molecule has 0 saturated heterocycles. The summed E-state index contributed by atoms with van der Waals surface area (Å²) in [6.07, 6.45) is 2.22. The Morgan fingerprint density at radius 3 is 2.46 bits per heavy atom. The number of benzene rings is 2. The van der Waals surface area contributed by atoms with Crippen molar-refractivity contribution >= 4 is 34.9 Å². The Hall–Kier alpha value is -3.18. The van der Waals surface area contributed by atoms with Gasteiger partial charge in [0.15, 0.2) is 0 Å². The van der Waals surface area contributed by atoms with Gasteiger partial charge in [-0.15, -0.1) is 0 Å². The molecule has 2 aromatic carbocycles. The number of aromatic nitrogens is 1. The number of hydrogen-bond acceptors (Lipinski definition) is 2. The molecule has 6 heteroatoms. The molecule has 5 nitrogen and oxygen atoms in total. The molecule has 3 aromatic rings. The fourth-order valence-corrected chi connectivity index (χ4v) is 3.53. The van der Waals surface area contributed by atoms with Gasteiger partial charge in [-0.05, 0) is 61.9 Å². The number of rotatable bonds is 4. The minimum Gasteiger partial charge on any atom is -0.320 e. The van der Waals surface area contributed by atoms with Gasteiger partial charge in [-0.3, -0.25) is 4.79 Å². The first-order valence-electron chi connectivity index (χ1n) is 8.89. The van der Waals surface area contributed by atoms with Gasteiger partial charge < -0.3 is 4.57 Å². The number of hydrogen-bond donors (Lipinski definition) is 0. The average Bonchev–Trinajstić information content (AvgIpc) is 3.21. The Kier molecular flexibility index (Phi) is 4.61. The Bertz CT molecular complexity index is 1110. The molecule has 0 atom stereocenters. The molecule has 140 valence electrons. The molecular weight excluding hydrogens is 374 g/mol. The summed E-state index contributed by atoms with van der Waals surface area (Å²) in [4.78, 5) is 30.2. The number of urea groups is 1. The summed E-state index contributed by atoms with van der Waals surface area (Å²) < 4.78 is 2.03. The van der Waals surface area contributed by atoms with Crippen LogP contribution >= 0.6 is 11.6 Å². The molecule has 28 heavy (non-hydrogen) atoms. The van der Waals surface area contributed by atoms with Crippen LogP contribution in [-0.4, -0.2) is 22.2 Å². The number of halogens is 1. The number of imide groups is 1. The first kappa shape index (κ1) is 18.2. The van der Waals surface area contributed by atoms with Crippen molar-refractivity contribution in [2.24, 2.45) is 4.99 Å². The molecule has 0 fully saturated rings. The van der Waals surface area contributed by atoms with Crippen LogP contribution in [0.1, 0.15) is 16.8 Å². The zero-order valence-electron chi connectivity index (χ0n) is 15.5. The average molecular weight is 392 g/mol. The lowest BCUT2D eigenvalue weighted by Gasteiger charge is -2.14. The Morgan fingerprint density at radius 1 is 1.00 bits per heavy atom. The highest BCUT2D eigenvalue weighted by Crippen LogP contribution is 2.24. The van der Waals surface area contributed by atoms with Gasteiger partial charge in [0.05, 0.1) is 5.69 Å². The van der Waals surface area contributed by atoms with Crippen LogP contribution < -0.4 is 4.90 Å². The van der Waals surface area contributed by atoms with Gasteiger partial charge in [0.1, 0.15) is 5.71 Å². The van der Waals surface area contributed by atoms with Crippen molar-refractivity contribution in [1.82, 2.24) is 4.57 Å². The maximum atomic E-state index is 12.8. The standard InChI is InChI=1S/C22H18ClN3O2/c1-14-5-10-20(15(2)12-14)25-11-3-4-18(25)13-19-21(27)26(22(28)24-19)17-8-6-16(23)7-9-17/h3-12H,13H2,1-2H3. The van der Waals surface area contributed by atoms with Crippen LogP contribution in [-0.2, 0) is 11.2 Å². The second kappa shape index (κ2) is 7.09. The number of aliphatic imine (C=N–C) groups is 1.